The van der Waals surface area contributed by atoms with Crippen molar-refractivity contribution < 1.29 is 0 Å². The maximum atomic E-state index is 12.5. The summed E-state index contributed by atoms with van der Waals surface area (Å²) in [5.41, 5.74) is 12.1. The summed E-state index contributed by atoms with van der Waals surface area (Å²) in [5.74, 6) is 0. The first-order valence-corrected chi connectivity index (χ1v) is 8.60. The number of aromatic nitrogens is 2. The average molecular weight is 348 g/mol. The summed E-state index contributed by atoms with van der Waals surface area (Å²) in [6.07, 6.45) is 0. The molecule has 0 aliphatic rings. The van der Waals surface area contributed by atoms with E-state index in [0.717, 1.165) is 27.7 Å². The Hall–Kier alpha value is -3.08. The lowest BCUT2D eigenvalue weighted by atomic mass is 10.0. The largest absolute Gasteiger partial charge is 0.396 e. The zero-order valence-electron chi connectivity index (χ0n) is 15.7. The zero-order valence-corrected chi connectivity index (χ0v) is 15.7. The molecule has 3 aromatic rings. The van der Waals surface area contributed by atoms with Crippen molar-refractivity contribution in [1.82, 2.24) is 9.13 Å². The Morgan fingerprint density at radius 2 is 1.85 bits per heavy atom. The van der Waals surface area contributed by atoms with Gasteiger partial charge < -0.3 is 5.73 Å². The van der Waals surface area contributed by atoms with E-state index in [4.69, 9.17) is 5.73 Å². The van der Waals surface area contributed by atoms with Crippen LogP contribution < -0.4 is 11.4 Å². The molecule has 2 aromatic carbocycles. The summed E-state index contributed by atoms with van der Waals surface area (Å²) in [7, 11) is 1.78. The lowest BCUT2D eigenvalue weighted by Crippen LogP contribution is -2.23. The fourth-order valence-electron chi connectivity index (χ4n) is 3.29. The van der Waals surface area contributed by atoms with Gasteiger partial charge in [0.2, 0.25) is 0 Å². The lowest BCUT2D eigenvalue weighted by Gasteiger charge is -2.10. The van der Waals surface area contributed by atoms with Gasteiger partial charge in [0, 0.05) is 18.7 Å². The number of hydrogen-bond acceptors (Lipinski definition) is 3. The van der Waals surface area contributed by atoms with E-state index in [1.165, 1.54) is 0 Å². The minimum absolute atomic E-state index is 0.0316. The third kappa shape index (κ3) is 2.86. The molecule has 0 radical (unpaired) electrons. The molecule has 0 amide bonds. The van der Waals surface area contributed by atoms with Gasteiger partial charge >= 0.3 is 5.69 Å². The van der Waals surface area contributed by atoms with Crippen molar-refractivity contribution in [1.29, 1.82) is 0 Å². The Labute approximate surface area is 153 Å². The minimum Gasteiger partial charge on any atom is -0.396 e. The van der Waals surface area contributed by atoms with E-state index in [1.807, 2.05) is 63.2 Å². The van der Waals surface area contributed by atoms with Crippen molar-refractivity contribution >= 4 is 29.1 Å². The van der Waals surface area contributed by atoms with Crippen LogP contribution >= 0.6 is 0 Å². The fourth-order valence-corrected chi connectivity index (χ4v) is 3.29. The zero-order chi connectivity index (χ0) is 19.0. The Bertz CT molecular complexity index is 1080. The van der Waals surface area contributed by atoms with Crippen LogP contribution in [0.15, 0.2) is 52.3 Å². The molecule has 134 valence electrons. The highest BCUT2D eigenvalue weighted by molar-refractivity contribution is 5.92. The highest BCUT2D eigenvalue weighted by Gasteiger charge is 2.15. The van der Waals surface area contributed by atoms with E-state index in [2.05, 4.69) is 11.7 Å². The fraction of sp³-hybridized carbons (Fsp3) is 0.238. The first-order chi connectivity index (χ1) is 12.3. The lowest BCUT2D eigenvalue weighted by molar-refractivity contribution is 0.583. The Morgan fingerprint density at radius 3 is 2.46 bits per heavy atom. The van der Waals surface area contributed by atoms with Gasteiger partial charge in [0.1, 0.15) is 0 Å². The van der Waals surface area contributed by atoms with Crippen LogP contribution in [-0.2, 0) is 7.05 Å². The van der Waals surface area contributed by atoms with Crippen LogP contribution in [0.25, 0.3) is 22.4 Å². The van der Waals surface area contributed by atoms with Gasteiger partial charge in [-0.15, -0.1) is 0 Å². The first kappa shape index (κ1) is 17.7. The highest BCUT2D eigenvalue weighted by atomic mass is 16.1. The number of nitrogens with zero attached hydrogens (tertiary/aromatic N) is 3. The molecule has 0 atom stereocenters. The smallest absolute Gasteiger partial charge is 0.329 e. The monoisotopic (exact) mass is 348 g/mol. The summed E-state index contributed by atoms with van der Waals surface area (Å²) in [5, 5.41) is 0. The summed E-state index contributed by atoms with van der Waals surface area (Å²) >= 11 is 0. The van der Waals surface area contributed by atoms with Crippen molar-refractivity contribution in [3.05, 3.63) is 69.6 Å². The van der Waals surface area contributed by atoms with Crippen LogP contribution in [0.1, 0.15) is 36.6 Å². The van der Waals surface area contributed by atoms with Gasteiger partial charge in [-0.3, -0.25) is 14.1 Å². The van der Waals surface area contributed by atoms with E-state index >= 15 is 0 Å². The predicted molar refractivity (Wildman–Crippen MR) is 109 cm³/mol. The maximum absolute atomic E-state index is 12.5. The van der Waals surface area contributed by atoms with E-state index in [0.29, 0.717) is 11.4 Å². The van der Waals surface area contributed by atoms with Gasteiger partial charge in [-0.2, -0.15) is 0 Å². The number of imidazole rings is 1. The summed E-state index contributed by atoms with van der Waals surface area (Å²) in [4.78, 5) is 16.7. The quantitative estimate of drug-likeness (QED) is 0.577. The van der Waals surface area contributed by atoms with Crippen LogP contribution in [0.2, 0.25) is 0 Å². The molecule has 0 aliphatic carbocycles. The van der Waals surface area contributed by atoms with E-state index in [9.17, 15) is 4.79 Å². The summed E-state index contributed by atoms with van der Waals surface area (Å²) in [6.45, 7) is 9.72. The minimum atomic E-state index is -0.0316. The topological polar surface area (TPSA) is 65.3 Å². The molecule has 2 N–H and O–H groups in total. The highest BCUT2D eigenvalue weighted by Crippen LogP contribution is 2.27. The van der Waals surface area contributed by atoms with Gasteiger partial charge in [-0.25, -0.2) is 4.79 Å². The molecule has 5 nitrogen and oxygen atoms in total. The van der Waals surface area contributed by atoms with Crippen LogP contribution in [0.5, 0.6) is 0 Å². The number of aliphatic imine (C=N–C) groups is 1. The van der Waals surface area contributed by atoms with E-state index in [-0.39, 0.29) is 11.7 Å². The number of fused-ring (bicyclic) bond motifs is 1. The maximum Gasteiger partial charge on any atom is 0.329 e. The van der Waals surface area contributed by atoms with Crippen molar-refractivity contribution in [2.24, 2.45) is 17.8 Å². The van der Waals surface area contributed by atoms with Crippen LogP contribution in [0.3, 0.4) is 0 Å². The number of hydrogen-bond donors (Lipinski definition) is 1. The third-order valence-corrected chi connectivity index (χ3v) is 4.62. The van der Waals surface area contributed by atoms with Crippen molar-refractivity contribution in [3.63, 3.8) is 0 Å². The molecular weight excluding hydrogens is 324 g/mol. The summed E-state index contributed by atoms with van der Waals surface area (Å²) in [6, 6.07) is 13.9. The van der Waals surface area contributed by atoms with Gasteiger partial charge in [0.25, 0.3) is 0 Å². The SMILES string of the molecule is C=N/C(=C(\N)c1cccc(C)c1)c1ccc2c(c1)n(C)c(=O)n2C(C)C. The second-order valence-corrected chi connectivity index (χ2v) is 6.80. The molecule has 26 heavy (non-hydrogen) atoms. The molecule has 5 heteroatoms. The Morgan fingerprint density at radius 1 is 1.12 bits per heavy atom. The molecule has 0 spiro atoms. The summed E-state index contributed by atoms with van der Waals surface area (Å²) < 4.78 is 3.44. The molecular formula is C21H24N4O. The first-order valence-electron chi connectivity index (χ1n) is 8.60. The molecule has 0 saturated carbocycles. The average Bonchev–Trinajstić information content (AvgIpc) is 2.86. The second kappa shape index (κ2) is 6.67. The van der Waals surface area contributed by atoms with Gasteiger partial charge in [0.05, 0.1) is 22.4 Å². The molecule has 0 bridgehead atoms. The molecule has 0 unspecified atom stereocenters. The van der Waals surface area contributed by atoms with Crippen molar-refractivity contribution in [2.45, 2.75) is 26.8 Å². The van der Waals surface area contributed by atoms with Crippen LogP contribution in [0.4, 0.5) is 0 Å². The normalized spacial score (nSPS) is 12.5. The van der Waals surface area contributed by atoms with Crippen molar-refractivity contribution in [2.75, 3.05) is 0 Å². The second-order valence-electron chi connectivity index (χ2n) is 6.80. The third-order valence-electron chi connectivity index (χ3n) is 4.62. The standard InChI is InChI=1S/C21H24N4O/c1-13(2)25-17-10-9-16(12-18(17)24(5)21(25)26)20(23-4)19(22)15-8-6-7-14(3)11-15/h6-13H,4,22H2,1-3,5H3/b20-19-. The molecule has 3 rings (SSSR count). The van der Waals surface area contributed by atoms with Gasteiger partial charge in [0.15, 0.2) is 0 Å². The van der Waals surface area contributed by atoms with Crippen LogP contribution in [-0.4, -0.2) is 15.9 Å². The molecule has 1 aromatic heterocycles. The van der Waals surface area contributed by atoms with Crippen molar-refractivity contribution in [3.8, 4) is 0 Å². The number of nitrogens with two attached hydrogens (primary N) is 1. The molecule has 0 aliphatic heterocycles. The number of rotatable bonds is 4. The Balaban J connectivity index is 2.23. The van der Waals surface area contributed by atoms with E-state index in [1.54, 1.807) is 16.2 Å². The predicted octanol–water partition coefficient (Wildman–Crippen LogP) is 3.71. The number of benzene rings is 2. The molecule has 0 saturated heterocycles. The Kier molecular flexibility index (Phi) is 4.55. The van der Waals surface area contributed by atoms with Gasteiger partial charge in [-0.05, 0) is 51.3 Å². The van der Waals surface area contributed by atoms with Crippen LogP contribution in [0, 0.1) is 6.92 Å². The van der Waals surface area contributed by atoms with E-state index < -0.39 is 0 Å². The van der Waals surface area contributed by atoms with Gasteiger partial charge in [-0.1, -0.05) is 29.8 Å². The number of aryl methyl sites for hydroxylation is 2. The molecule has 1 heterocycles. The molecule has 0 fully saturated rings.